The molecule has 0 spiro atoms. The number of rotatable bonds is 8. The Morgan fingerprint density at radius 2 is 1.69 bits per heavy atom. The van der Waals surface area contributed by atoms with Gasteiger partial charge in [0.05, 0.1) is 46.9 Å². The molecule has 0 aliphatic carbocycles. The molecule has 1 amide bonds. The van der Waals surface area contributed by atoms with Gasteiger partial charge in [0.1, 0.15) is 5.76 Å². The first-order valence-electron chi connectivity index (χ1n) is 11.6. The molecule has 0 aliphatic rings. The van der Waals surface area contributed by atoms with Gasteiger partial charge in [-0.15, -0.1) is 10.2 Å². The predicted molar refractivity (Wildman–Crippen MR) is 140 cm³/mol. The van der Waals surface area contributed by atoms with Crippen LogP contribution in [0.4, 0.5) is 5.69 Å². The molecule has 5 aromatic rings. The molecule has 8 nitrogen and oxygen atoms in total. The molecule has 1 N–H and O–H groups in total. The summed E-state index contributed by atoms with van der Waals surface area (Å²) in [6.45, 7) is 6.33. The largest absolute Gasteiger partial charge is 0.469 e. The Kier molecular flexibility index (Phi) is 6.73. The van der Waals surface area contributed by atoms with Gasteiger partial charge in [-0.3, -0.25) is 9.36 Å². The van der Waals surface area contributed by atoms with Crippen LogP contribution < -0.4 is 5.32 Å². The summed E-state index contributed by atoms with van der Waals surface area (Å²) in [6, 6.07) is 21.9. The maximum Gasteiger partial charge on any atom is 0.234 e. The van der Waals surface area contributed by atoms with E-state index in [2.05, 4.69) is 32.7 Å². The van der Waals surface area contributed by atoms with Crippen molar-refractivity contribution < 1.29 is 9.21 Å². The quantitative estimate of drug-likeness (QED) is 0.287. The zero-order chi connectivity index (χ0) is 25.1. The highest BCUT2D eigenvalue weighted by Crippen LogP contribution is 2.29. The summed E-state index contributed by atoms with van der Waals surface area (Å²) >= 11 is 1.35. The number of anilines is 1. The molecule has 0 unspecified atom stereocenters. The van der Waals surface area contributed by atoms with Crippen molar-refractivity contribution in [1.82, 2.24) is 24.5 Å². The van der Waals surface area contributed by atoms with E-state index < -0.39 is 0 Å². The maximum atomic E-state index is 13.0. The first kappa shape index (κ1) is 23.6. The van der Waals surface area contributed by atoms with Gasteiger partial charge in [-0.05, 0) is 44.5 Å². The second-order valence-corrected chi connectivity index (χ2v) is 9.34. The molecule has 0 fully saturated rings. The summed E-state index contributed by atoms with van der Waals surface area (Å²) in [5.74, 6) is 1.54. The second-order valence-electron chi connectivity index (χ2n) is 8.40. The SMILES string of the molecule is Cc1nn(-c2ccccc2)c(C)c1NC(=O)CSc1nnc(-c2ccoc2C)n1Cc1ccccc1. The van der Waals surface area contributed by atoms with E-state index in [-0.39, 0.29) is 11.7 Å². The maximum absolute atomic E-state index is 13.0. The molecule has 3 heterocycles. The van der Waals surface area contributed by atoms with Crippen LogP contribution >= 0.6 is 11.8 Å². The minimum atomic E-state index is -0.130. The monoisotopic (exact) mass is 498 g/mol. The van der Waals surface area contributed by atoms with E-state index in [0.717, 1.165) is 39.6 Å². The molecule has 3 aromatic heterocycles. The van der Waals surface area contributed by atoms with E-state index in [1.807, 2.05) is 84.6 Å². The van der Waals surface area contributed by atoms with E-state index in [9.17, 15) is 4.79 Å². The van der Waals surface area contributed by atoms with Crippen LogP contribution in [-0.4, -0.2) is 36.2 Å². The average Bonchev–Trinajstić information content (AvgIpc) is 3.57. The fourth-order valence-electron chi connectivity index (χ4n) is 4.07. The molecule has 2 aromatic carbocycles. The topological polar surface area (TPSA) is 90.8 Å². The zero-order valence-electron chi connectivity index (χ0n) is 20.3. The molecule has 182 valence electrons. The summed E-state index contributed by atoms with van der Waals surface area (Å²) in [4.78, 5) is 13.0. The molecule has 0 saturated carbocycles. The number of nitrogens with one attached hydrogen (secondary N) is 1. The number of aromatic nitrogens is 5. The summed E-state index contributed by atoms with van der Waals surface area (Å²) in [5, 5.41) is 17.1. The first-order chi connectivity index (χ1) is 17.5. The van der Waals surface area contributed by atoms with Gasteiger partial charge in [-0.1, -0.05) is 60.3 Å². The van der Waals surface area contributed by atoms with Crippen molar-refractivity contribution in [2.24, 2.45) is 0 Å². The van der Waals surface area contributed by atoms with E-state index in [1.165, 1.54) is 11.8 Å². The number of para-hydroxylation sites is 1. The fraction of sp³-hybridized carbons (Fsp3) is 0.185. The summed E-state index contributed by atoms with van der Waals surface area (Å²) in [6.07, 6.45) is 1.65. The van der Waals surface area contributed by atoms with Crippen molar-refractivity contribution in [2.75, 3.05) is 11.1 Å². The lowest BCUT2D eigenvalue weighted by Crippen LogP contribution is -2.16. The second kappa shape index (κ2) is 10.2. The van der Waals surface area contributed by atoms with Gasteiger partial charge in [0.2, 0.25) is 5.91 Å². The molecular formula is C27H26N6O2S. The van der Waals surface area contributed by atoms with E-state index in [0.29, 0.717) is 17.5 Å². The molecule has 9 heteroatoms. The van der Waals surface area contributed by atoms with Crippen LogP contribution in [0.15, 0.2) is 82.6 Å². The van der Waals surface area contributed by atoms with Gasteiger partial charge in [-0.25, -0.2) is 4.68 Å². The number of furan rings is 1. The Balaban J connectivity index is 1.35. The lowest BCUT2D eigenvalue weighted by atomic mass is 10.2. The molecule has 0 saturated heterocycles. The van der Waals surface area contributed by atoms with Crippen LogP contribution in [0.3, 0.4) is 0 Å². The van der Waals surface area contributed by atoms with Crippen LogP contribution in [0.5, 0.6) is 0 Å². The third-order valence-corrected chi connectivity index (χ3v) is 6.86. The van der Waals surface area contributed by atoms with E-state index >= 15 is 0 Å². The number of carbonyl (C=O) groups is 1. The van der Waals surface area contributed by atoms with Crippen molar-refractivity contribution in [3.8, 4) is 17.1 Å². The number of aryl methyl sites for hydroxylation is 2. The van der Waals surface area contributed by atoms with Crippen LogP contribution in [0.2, 0.25) is 0 Å². The van der Waals surface area contributed by atoms with Crippen molar-refractivity contribution in [2.45, 2.75) is 32.5 Å². The van der Waals surface area contributed by atoms with E-state index in [1.54, 1.807) is 6.26 Å². The smallest absolute Gasteiger partial charge is 0.234 e. The van der Waals surface area contributed by atoms with Gasteiger partial charge < -0.3 is 9.73 Å². The first-order valence-corrected chi connectivity index (χ1v) is 12.6. The highest BCUT2D eigenvalue weighted by atomic mass is 32.2. The summed E-state index contributed by atoms with van der Waals surface area (Å²) in [5.41, 5.74) is 5.32. The molecule has 0 bridgehead atoms. The Labute approximate surface area is 213 Å². The summed E-state index contributed by atoms with van der Waals surface area (Å²) < 4.78 is 9.36. The van der Waals surface area contributed by atoms with Crippen LogP contribution in [0.25, 0.3) is 17.1 Å². The number of hydrogen-bond acceptors (Lipinski definition) is 6. The average molecular weight is 499 g/mol. The Morgan fingerprint density at radius 1 is 0.972 bits per heavy atom. The highest BCUT2D eigenvalue weighted by Gasteiger charge is 2.20. The minimum Gasteiger partial charge on any atom is -0.469 e. The lowest BCUT2D eigenvalue weighted by Gasteiger charge is -2.10. The highest BCUT2D eigenvalue weighted by molar-refractivity contribution is 7.99. The van der Waals surface area contributed by atoms with Gasteiger partial charge in [0.15, 0.2) is 11.0 Å². The number of carbonyl (C=O) groups excluding carboxylic acids is 1. The van der Waals surface area contributed by atoms with Crippen molar-refractivity contribution >= 4 is 23.4 Å². The Bertz CT molecular complexity index is 1490. The molecule has 36 heavy (non-hydrogen) atoms. The van der Waals surface area contributed by atoms with Gasteiger partial charge in [-0.2, -0.15) is 5.10 Å². The minimum absolute atomic E-state index is 0.130. The number of amides is 1. The third kappa shape index (κ3) is 4.83. The molecule has 0 atom stereocenters. The van der Waals surface area contributed by atoms with Gasteiger partial charge in [0, 0.05) is 0 Å². The predicted octanol–water partition coefficient (Wildman–Crippen LogP) is 5.43. The van der Waals surface area contributed by atoms with Crippen LogP contribution in [-0.2, 0) is 11.3 Å². The Morgan fingerprint density at radius 3 is 2.39 bits per heavy atom. The number of nitrogens with zero attached hydrogens (tertiary/aromatic N) is 5. The molecule has 0 radical (unpaired) electrons. The van der Waals surface area contributed by atoms with Crippen LogP contribution in [0, 0.1) is 20.8 Å². The van der Waals surface area contributed by atoms with Crippen molar-refractivity contribution in [1.29, 1.82) is 0 Å². The van der Waals surface area contributed by atoms with Crippen LogP contribution in [0.1, 0.15) is 22.7 Å². The lowest BCUT2D eigenvalue weighted by molar-refractivity contribution is -0.113. The number of thioether (sulfide) groups is 1. The molecule has 5 rings (SSSR count). The third-order valence-electron chi connectivity index (χ3n) is 5.89. The number of benzene rings is 2. The zero-order valence-corrected chi connectivity index (χ0v) is 21.1. The fourth-order valence-corrected chi connectivity index (χ4v) is 4.81. The van der Waals surface area contributed by atoms with E-state index in [4.69, 9.17) is 4.42 Å². The number of hydrogen-bond donors (Lipinski definition) is 1. The summed E-state index contributed by atoms with van der Waals surface area (Å²) in [7, 11) is 0. The van der Waals surface area contributed by atoms with Crippen molar-refractivity contribution in [3.63, 3.8) is 0 Å². The Hall–Kier alpha value is -4.11. The molecular weight excluding hydrogens is 472 g/mol. The normalized spacial score (nSPS) is 11.1. The standard InChI is InChI=1S/C27H26N6O2S/c1-18-25(19(2)33(31-18)22-12-8-5-9-13-22)28-24(34)17-36-27-30-29-26(23-14-15-35-20(23)3)32(27)16-21-10-6-4-7-11-21/h4-15H,16-17H2,1-3H3,(H,28,34). The van der Waals surface area contributed by atoms with Crippen molar-refractivity contribution in [3.05, 3.63) is 95.7 Å². The molecule has 0 aliphatic heterocycles. The van der Waals surface area contributed by atoms with Gasteiger partial charge >= 0.3 is 0 Å². The van der Waals surface area contributed by atoms with Gasteiger partial charge in [0.25, 0.3) is 0 Å².